The number of amides is 1. The van der Waals surface area contributed by atoms with E-state index in [1.54, 1.807) is 30.7 Å². The Balaban J connectivity index is 1.83. The average Bonchev–Trinajstić information content (AvgIpc) is 2.55. The van der Waals surface area contributed by atoms with Gasteiger partial charge in [0.05, 0.1) is 23.1 Å². The van der Waals surface area contributed by atoms with Crippen LogP contribution in [-0.2, 0) is 0 Å². The highest BCUT2D eigenvalue weighted by molar-refractivity contribution is 6.08. The third kappa shape index (κ3) is 3.40. The Bertz CT molecular complexity index is 704. The molecule has 7 nitrogen and oxygen atoms in total. The van der Waals surface area contributed by atoms with Crippen LogP contribution >= 0.6 is 0 Å². The van der Waals surface area contributed by atoms with Crippen LogP contribution in [0.15, 0.2) is 36.8 Å². The molecule has 0 radical (unpaired) electrons. The average molecular weight is 312 g/mol. The summed E-state index contributed by atoms with van der Waals surface area (Å²) in [6.07, 6.45) is 6.96. The lowest BCUT2D eigenvalue weighted by Crippen LogP contribution is -2.43. The summed E-state index contributed by atoms with van der Waals surface area (Å²) in [4.78, 5) is 22.7. The number of hydrogen-bond donors (Lipinski definition) is 3. The molecule has 3 rings (SSSR count). The van der Waals surface area contributed by atoms with Crippen molar-refractivity contribution < 1.29 is 4.79 Å². The highest BCUT2D eigenvalue weighted by Gasteiger charge is 2.20. The molecule has 1 aliphatic heterocycles. The van der Waals surface area contributed by atoms with Crippen molar-refractivity contribution in [2.24, 2.45) is 5.73 Å². The van der Waals surface area contributed by atoms with Crippen molar-refractivity contribution in [1.29, 1.82) is 0 Å². The van der Waals surface area contributed by atoms with Gasteiger partial charge in [-0.2, -0.15) is 0 Å². The van der Waals surface area contributed by atoms with E-state index in [4.69, 9.17) is 11.5 Å². The first kappa shape index (κ1) is 15.2. The lowest BCUT2D eigenvalue weighted by Gasteiger charge is -2.33. The van der Waals surface area contributed by atoms with Gasteiger partial charge in [-0.1, -0.05) is 0 Å². The van der Waals surface area contributed by atoms with Gasteiger partial charge >= 0.3 is 0 Å². The summed E-state index contributed by atoms with van der Waals surface area (Å²) in [7, 11) is 0. The van der Waals surface area contributed by atoms with Gasteiger partial charge in [-0.15, -0.1) is 0 Å². The molecular weight excluding hydrogens is 292 g/mol. The number of nitrogens with zero attached hydrogens (tertiary/aromatic N) is 3. The van der Waals surface area contributed by atoms with Gasteiger partial charge in [-0.3, -0.25) is 9.78 Å². The first-order valence-corrected chi connectivity index (χ1v) is 7.61. The Kier molecular flexibility index (Phi) is 4.38. The van der Waals surface area contributed by atoms with Gasteiger partial charge in [0.2, 0.25) is 0 Å². The summed E-state index contributed by atoms with van der Waals surface area (Å²) < 4.78 is 0. The molecule has 1 amide bonds. The van der Waals surface area contributed by atoms with Crippen LogP contribution in [0.3, 0.4) is 0 Å². The lowest BCUT2D eigenvalue weighted by molar-refractivity contribution is 0.102. The van der Waals surface area contributed by atoms with Gasteiger partial charge in [-0.05, 0) is 31.0 Å². The number of rotatable bonds is 3. The third-order valence-electron chi connectivity index (χ3n) is 3.93. The second kappa shape index (κ2) is 6.62. The zero-order valence-electron chi connectivity index (χ0n) is 12.8. The molecule has 1 saturated heterocycles. The van der Waals surface area contributed by atoms with Gasteiger partial charge in [-0.25, -0.2) is 4.98 Å². The van der Waals surface area contributed by atoms with E-state index in [9.17, 15) is 4.79 Å². The zero-order chi connectivity index (χ0) is 16.2. The quantitative estimate of drug-likeness (QED) is 0.786. The molecule has 23 heavy (non-hydrogen) atoms. The molecule has 1 aliphatic rings. The molecule has 2 aromatic rings. The summed E-state index contributed by atoms with van der Waals surface area (Å²) >= 11 is 0. The molecule has 1 atom stereocenters. The van der Waals surface area contributed by atoms with Crippen LogP contribution in [0, 0.1) is 0 Å². The number of piperidine rings is 1. The molecule has 5 N–H and O–H groups in total. The number of nitrogens with one attached hydrogen (secondary N) is 1. The van der Waals surface area contributed by atoms with Crippen molar-refractivity contribution in [3.63, 3.8) is 0 Å². The number of anilines is 3. The van der Waals surface area contributed by atoms with E-state index in [2.05, 4.69) is 20.2 Å². The van der Waals surface area contributed by atoms with E-state index in [-0.39, 0.29) is 17.8 Å². The van der Waals surface area contributed by atoms with Crippen LogP contribution in [-0.4, -0.2) is 35.0 Å². The van der Waals surface area contributed by atoms with E-state index < -0.39 is 0 Å². The molecule has 2 aromatic heterocycles. The molecule has 1 fully saturated rings. The minimum Gasteiger partial charge on any atom is -0.383 e. The van der Waals surface area contributed by atoms with Crippen molar-refractivity contribution in [2.45, 2.75) is 18.9 Å². The second-order valence-corrected chi connectivity index (χ2v) is 5.63. The summed E-state index contributed by atoms with van der Waals surface area (Å²) in [6, 6.07) is 5.36. The van der Waals surface area contributed by atoms with E-state index in [1.165, 1.54) is 0 Å². The molecule has 0 spiro atoms. The summed E-state index contributed by atoms with van der Waals surface area (Å²) in [5, 5.41) is 2.88. The van der Waals surface area contributed by atoms with Gasteiger partial charge in [0.1, 0.15) is 5.82 Å². The number of aromatic nitrogens is 2. The monoisotopic (exact) mass is 312 g/mol. The predicted molar refractivity (Wildman–Crippen MR) is 90.3 cm³/mol. The van der Waals surface area contributed by atoms with Crippen LogP contribution < -0.4 is 21.7 Å². The van der Waals surface area contributed by atoms with Crippen LogP contribution in [0.4, 0.5) is 17.2 Å². The Morgan fingerprint density at radius 3 is 3.00 bits per heavy atom. The predicted octanol–water partition coefficient (Wildman–Crippen LogP) is 1.24. The molecule has 120 valence electrons. The highest BCUT2D eigenvalue weighted by Crippen LogP contribution is 2.27. The number of pyridine rings is 2. The highest BCUT2D eigenvalue weighted by atomic mass is 16.1. The first-order valence-electron chi connectivity index (χ1n) is 7.61. The van der Waals surface area contributed by atoms with E-state index in [0.29, 0.717) is 11.3 Å². The minimum absolute atomic E-state index is 0.148. The third-order valence-corrected chi connectivity index (χ3v) is 3.93. The fourth-order valence-corrected chi connectivity index (χ4v) is 2.79. The van der Waals surface area contributed by atoms with Crippen LogP contribution in [0.5, 0.6) is 0 Å². The number of carbonyl (C=O) groups is 1. The van der Waals surface area contributed by atoms with E-state index >= 15 is 0 Å². The van der Waals surface area contributed by atoms with Crippen LogP contribution in [0.1, 0.15) is 23.2 Å². The normalized spacial score (nSPS) is 17.8. The molecule has 3 heterocycles. The van der Waals surface area contributed by atoms with Crippen molar-refractivity contribution in [3.8, 4) is 0 Å². The summed E-state index contributed by atoms with van der Waals surface area (Å²) in [6.45, 7) is 1.68. The number of hydrogen-bond acceptors (Lipinski definition) is 6. The fourth-order valence-electron chi connectivity index (χ4n) is 2.79. The van der Waals surface area contributed by atoms with Crippen molar-refractivity contribution in [2.75, 3.05) is 29.0 Å². The van der Waals surface area contributed by atoms with Gasteiger partial charge < -0.3 is 21.7 Å². The Morgan fingerprint density at radius 2 is 2.22 bits per heavy atom. The van der Waals surface area contributed by atoms with E-state index in [1.807, 2.05) is 6.07 Å². The van der Waals surface area contributed by atoms with Gasteiger partial charge in [0.25, 0.3) is 5.91 Å². The summed E-state index contributed by atoms with van der Waals surface area (Å²) in [5.74, 6) is -0.0957. The molecule has 0 saturated carbocycles. The van der Waals surface area contributed by atoms with Gasteiger partial charge in [0.15, 0.2) is 0 Å². The maximum absolute atomic E-state index is 12.4. The number of nitrogens with two attached hydrogens (primary N) is 2. The van der Waals surface area contributed by atoms with Crippen molar-refractivity contribution >= 4 is 23.1 Å². The minimum atomic E-state index is -0.300. The SMILES string of the molecule is Nc1ncccc1C(=O)Nc1cnccc1N1CCCC(N)C1. The second-order valence-electron chi connectivity index (χ2n) is 5.63. The molecular formula is C16H20N6O. The molecule has 0 aromatic carbocycles. The van der Waals surface area contributed by atoms with Crippen LogP contribution in [0.2, 0.25) is 0 Å². The topological polar surface area (TPSA) is 110 Å². The largest absolute Gasteiger partial charge is 0.383 e. The number of nitrogen functional groups attached to an aromatic ring is 1. The first-order chi connectivity index (χ1) is 11.1. The lowest BCUT2D eigenvalue weighted by atomic mass is 10.1. The standard InChI is InChI=1S/C16H20N6O/c17-11-3-2-8-22(10-11)14-5-7-19-9-13(14)21-16(23)12-4-1-6-20-15(12)18/h1,4-7,9,11H,2-3,8,10,17H2,(H2,18,20)(H,21,23). The Labute approximate surface area is 134 Å². The zero-order valence-corrected chi connectivity index (χ0v) is 12.8. The maximum Gasteiger partial charge on any atom is 0.259 e. The molecule has 0 bridgehead atoms. The summed E-state index contributed by atoms with van der Waals surface area (Å²) in [5.41, 5.74) is 13.7. The van der Waals surface area contributed by atoms with E-state index in [0.717, 1.165) is 31.6 Å². The van der Waals surface area contributed by atoms with Gasteiger partial charge in [0, 0.05) is 31.5 Å². The maximum atomic E-state index is 12.4. The van der Waals surface area contributed by atoms with Crippen LogP contribution in [0.25, 0.3) is 0 Å². The number of carbonyl (C=O) groups excluding carboxylic acids is 1. The Morgan fingerprint density at radius 1 is 1.35 bits per heavy atom. The van der Waals surface area contributed by atoms with Crippen molar-refractivity contribution in [1.82, 2.24) is 9.97 Å². The Hall–Kier alpha value is -2.67. The smallest absolute Gasteiger partial charge is 0.259 e. The fraction of sp³-hybridized carbons (Fsp3) is 0.312. The molecule has 0 aliphatic carbocycles. The molecule has 7 heteroatoms. The molecule has 1 unspecified atom stereocenters. The van der Waals surface area contributed by atoms with Crippen molar-refractivity contribution in [3.05, 3.63) is 42.4 Å².